The maximum absolute atomic E-state index is 13.5. The van der Waals surface area contributed by atoms with Crippen LogP contribution in [0, 0.1) is 11.3 Å². The van der Waals surface area contributed by atoms with Crippen molar-refractivity contribution in [1.82, 2.24) is 10.6 Å². The summed E-state index contributed by atoms with van der Waals surface area (Å²) in [4.78, 5) is 39.8. The molecule has 190 valence electrons. The zero-order valence-electron chi connectivity index (χ0n) is 19.6. The van der Waals surface area contributed by atoms with Gasteiger partial charge in [-0.1, -0.05) is 27.7 Å². The van der Waals surface area contributed by atoms with Gasteiger partial charge in [-0.15, -0.1) is 0 Å². The number of nitrogens with one attached hydrogen (secondary N) is 2. The molecule has 6 N–H and O–H groups in total. The van der Waals surface area contributed by atoms with E-state index in [0.29, 0.717) is 6.42 Å². The molecule has 1 saturated heterocycles. The normalized spacial score (nSPS) is 21.7. The number of alkyl halides is 3. The lowest BCUT2D eigenvalue weighted by Crippen LogP contribution is -2.68. The number of hydrogen-bond acceptors (Lipinski definition) is 7. The minimum atomic E-state index is -4.97. The number of carbonyl (C=O) groups is 3. The van der Waals surface area contributed by atoms with Crippen LogP contribution in [-0.2, 0) is 9.59 Å². The zero-order valence-corrected chi connectivity index (χ0v) is 19.6. The highest BCUT2D eigenvalue weighted by molar-refractivity contribution is 6.15. The molecule has 2 unspecified atom stereocenters. The first-order chi connectivity index (χ1) is 15.6. The molecule has 1 aromatic carbocycles. The van der Waals surface area contributed by atoms with Crippen LogP contribution in [0.3, 0.4) is 0 Å². The number of phenolic OH excluding ortho intramolecular Hbond substituents is 1. The van der Waals surface area contributed by atoms with Crippen LogP contribution < -0.4 is 16.4 Å². The van der Waals surface area contributed by atoms with E-state index in [4.69, 9.17) is 5.73 Å². The van der Waals surface area contributed by atoms with Crippen molar-refractivity contribution in [3.63, 3.8) is 0 Å². The molecule has 0 bridgehead atoms. The van der Waals surface area contributed by atoms with Crippen molar-refractivity contribution in [2.45, 2.75) is 70.4 Å². The van der Waals surface area contributed by atoms with Gasteiger partial charge in [0.2, 0.25) is 5.91 Å². The summed E-state index contributed by atoms with van der Waals surface area (Å²) in [6, 6.07) is 2.19. The smallest absolute Gasteiger partial charge is 0.416 e. The fourth-order valence-corrected chi connectivity index (χ4v) is 4.07. The fourth-order valence-electron chi connectivity index (χ4n) is 4.07. The van der Waals surface area contributed by atoms with Gasteiger partial charge in [0.25, 0.3) is 0 Å². The lowest BCUT2D eigenvalue weighted by Gasteiger charge is -2.37. The Bertz CT molecular complexity index is 909. The molecule has 1 aromatic rings. The molecule has 0 aromatic heterocycles. The predicted molar refractivity (Wildman–Crippen MR) is 118 cm³/mol. The van der Waals surface area contributed by atoms with Crippen molar-refractivity contribution in [2.75, 3.05) is 6.54 Å². The number of aliphatic hydroxyl groups is 1. The number of carbonyl (C=O) groups excluding carboxylic acids is 3. The molecule has 1 aliphatic heterocycles. The molecule has 8 nitrogen and oxygen atoms in total. The fraction of sp³-hybridized carbons (Fsp3) is 0.609. The Morgan fingerprint density at radius 2 is 1.71 bits per heavy atom. The van der Waals surface area contributed by atoms with Crippen LogP contribution >= 0.6 is 0 Å². The van der Waals surface area contributed by atoms with Gasteiger partial charge in [0.15, 0.2) is 23.2 Å². The van der Waals surface area contributed by atoms with Crippen molar-refractivity contribution in [3.05, 3.63) is 29.8 Å². The Morgan fingerprint density at radius 3 is 2.15 bits per heavy atom. The summed E-state index contributed by atoms with van der Waals surface area (Å²) < 4.78 is 39.4. The quantitative estimate of drug-likeness (QED) is 0.264. The average Bonchev–Trinajstić information content (AvgIpc) is 3.26. The zero-order chi connectivity index (χ0) is 26.1. The van der Waals surface area contributed by atoms with E-state index >= 15 is 0 Å². The summed E-state index contributed by atoms with van der Waals surface area (Å²) >= 11 is 0. The Hall–Kier alpha value is -2.50. The molecule has 4 atom stereocenters. The molecule has 1 fully saturated rings. The lowest BCUT2D eigenvalue weighted by atomic mass is 9.71. The number of aromatic hydroxyl groups is 1. The van der Waals surface area contributed by atoms with Crippen LogP contribution in [0.5, 0.6) is 5.75 Å². The van der Waals surface area contributed by atoms with E-state index < -0.39 is 58.7 Å². The molecule has 1 heterocycles. The highest BCUT2D eigenvalue weighted by Gasteiger charge is 2.55. The Labute approximate surface area is 196 Å². The average molecular weight is 488 g/mol. The van der Waals surface area contributed by atoms with Crippen LogP contribution in [0.25, 0.3) is 0 Å². The number of benzene rings is 1. The predicted octanol–water partition coefficient (Wildman–Crippen LogP) is 1.68. The number of amides is 1. The van der Waals surface area contributed by atoms with Crippen molar-refractivity contribution in [3.8, 4) is 5.75 Å². The van der Waals surface area contributed by atoms with Crippen LogP contribution in [0.4, 0.5) is 13.2 Å². The van der Waals surface area contributed by atoms with Crippen LogP contribution in [0.1, 0.15) is 50.9 Å². The van der Waals surface area contributed by atoms with E-state index in [1.54, 1.807) is 0 Å². The largest absolute Gasteiger partial charge is 0.508 e. The van der Waals surface area contributed by atoms with Gasteiger partial charge < -0.3 is 21.3 Å². The third-order valence-electron chi connectivity index (χ3n) is 6.43. The monoisotopic (exact) mass is 487 g/mol. The first-order valence-electron chi connectivity index (χ1n) is 11.0. The minimum absolute atomic E-state index is 0.0260. The SMILES string of the molecule is CC(C)C(NC(=O)[C@@]1(C(=O)[C@@H](N)C(C)(C)C(=O)c2ccc(O)cc2)CCCN1)C(O)C(F)(F)F. The number of halogens is 3. The summed E-state index contributed by atoms with van der Waals surface area (Å²) in [7, 11) is 0. The van der Waals surface area contributed by atoms with Gasteiger partial charge in [-0.2, -0.15) is 13.2 Å². The van der Waals surface area contributed by atoms with E-state index in [1.807, 2.05) is 0 Å². The summed E-state index contributed by atoms with van der Waals surface area (Å²) in [5.74, 6) is -3.21. The molecule has 2 rings (SSSR count). The molecular formula is C23H32F3N3O5. The van der Waals surface area contributed by atoms with Crippen molar-refractivity contribution >= 4 is 17.5 Å². The van der Waals surface area contributed by atoms with E-state index in [1.165, 1.54) is 52.0 Å². The molecular weight excluding hydrogens is 455 g/mol. The number of hydrogen-bond donors (Lipinski definition) is 5. The Balaban J connectivity index is 2.34. The summed E-state index contributed by atoms with van der Waals surface area (Å²) in [6.45, 7) is 5.93. The summed E-state index contributed by atoms with van der Waals surface area (Å²) in [5.41, 5.74) is 2.99. The first-order valence-corrected chi connectivity index (χ1v) is 11.0. The topological polar surface area (TPSA) is 142 Å². The van der Waals surface area contributed by atoms with Gasteiger partial charge in [0.1, 0.15) is 5.75 Å². The van der Waals surface area contributed by atoms with Crippen molar-refractivity contribution < 1.29 is 37.8 Å². The second-order valence-electron chi connectivity index (χ2n) is 9.60. The first kappa shape index (κ1) is 27.7. The second-order valence-corrected chi connectivity index (χ2v) is 9.60. The summed E-state index contributed by atoms with van der Waals surface area (Å²) in [6.07, 6.45) is -7.45. The van der Waals surface area contributed by atoms with E-state index in [9.17, 15) is 37.8 Å². The van der Waals surface area contributed by atoms with E-state index in [-0.39, 0.29) is 24.3 Å². The molecule has 1 amide bonds. The van der Waals surface area contributed by atoms with Gasteiger partial charge in [-0.05, 0) is 49.6 Å². The van der Waals surface area contributed by atoms with E-state index in [0.717, 1.165) is 0 Å². The van der Waals surface area contributed by atoms with Gasteiger partial charge >= 0.3 is 6.18 Å². The molecule has 0 saturated carbocycles. The maximum Gasteiger partial charge on any atom is 0.416 e. The Morgan fingerprint density at radius 1 is 1.15 bits per heavy atom. The maximum atomic E-state index is 13.5. The number of ketones is 2. The number of aliphatic hydroxyl groups excluding tert-OH is 1. The van der Waals surface area contributed by atoms with Crippen LogP contribution in [0.15, 0.2) is 24.3 Å². The highest BCUT2D eigenvalue weighted by Crippen LogP contribution is 2.33. The summed E-state index contributed by atoms with van der Waals surface area (Å²) in [5, 5.41) is 24.2. The minimum Gasteiger partial charge on any atom is -0.508 e. The van der Waals surface area contributed by atoms with Crippen molar-refractivity contribution in [2.24, 2.45) is 17.1 Å². The van der Waals surface area contributed by atoms with Gasteiger partial charge in [0, 0.05) is 5.56 Å². The van der Waals surface area contributed by atoms with Crippen LogP contribution in [0.2, 0.25) is 0 Å². The molecule has 0 radical (unpaired) electrons. The highest BCUT2D eigenvalue weighted by atomic mass is 19.4. The number of phenols is 1. The number of rotatable bonds is 9. The second kappa shape index (κ2) is 10.0. The third kappa shape index (κ3) is 5.42. The molecule has 0 aliphatic carbocycles. The lowest BCUT2D eigenvalue weighted by molar-refractivity contribution is -0.215. The van der Waals surface area contributed by atoms with Crippen LogP contribution in [-0.4, -0.2) is 64.1 Å². The van der Waals surface area contributed by atoms with E-state index in [2.05, 4.69) is 10.6 Å². The molecule has 1 aliphatic rings. The van der Waals surface area contributed by atoms with Gasteiger partial charge in [0.05, 0.1) is 17.5 Å². The standard InChI is InChI=1S/C23H32F3N3O5/c1-12(2)15(18(32)23(24,25)26)29-20(34)22(10-5-11-28-22)19(33)16(27)21(3,4)17(31)13-6-8-14(30)9-7-13/h6-9,12,15-16,18,28,30,32H,5,10-11,27H2,1-4H3,(H,29,34)/t15?,16-,18?,22+/m1/s1. The third-order valence-corrected chi connectivity index (χ3v) is 6.43. The molecule has 34 heavy (non-hydrogen) atoms. The number of Topliss-reactive ketones (excluding diaryl/α,β-unsaturated/α-hetero) is 2. The van der Waals surface area contributed by atoms with Gasteiger partial charge in [-0.3, -0.25) is 19.7 Å². The van der Waals surface area contributed by atoms with Crippen molar-refractivity contribution in [1.29, 1.82) is 0 Å². The molecule has 11 heteroatoms. The Kier molecular flexibility index (Phi) is 8.17. The molecule has 0 spiro atoms. The van der Waals surface area contributed by atoms with Gasteiger partial charge in [-0.25, -0.2) is 0 Å². The number of nitrogens with two attached hydrogens (primary N) is 1.